The number of amides is 1. The molecular formula is C23H36N2O3S. The second-order valence-electron chi connectivity index (χ2n) is 9.09. The Labute approximate surface area is 176 Å². The normalized spacial score (nSPS) is 23.8. The monoisotopic (exact) mass is 420 g/mol. The minimum atomic E-state index is -3.25. The third-order valence-electron chi connectivity index (χ3n) is 6.61. The smallest absolute Gasteiger partial charge is 0.234 e. The van der Waals surface area contributed by atoms with Crippen LogP contribution in [0.15, 0.2) is 29.2 Å². The van der Waals surface area contributed by atoms with E-state index in [-0.39, 0.29) is 23.6 Å². The van der Waals surface area contributed by atoms with Crippen LogP contribution < -0.4 is 5.32 Å². The average Bonchev–Trinajstić information content (AvgIpc) is 2.70. The van der Waals surface area contributed by atoms with Crippen LogP contribution in [0.2, 0.25) is 0 Å². The van der Waals surface area contributed by atoms with Gasteiger partial charge in [0.15, 0.2) is 9.84 Å². The lowest BCUT2D eigenvalue weighted by molar-refractivity contribution is -0.123. The summed E-state index contributed by atoms with van der Waals surface area (Å²) in [7, 11) is -1.19. The minimum Gasteiger partial charge on any atom is -0.352 e. The van der Waals surface area contributed by atoms with E-state index < -0.39 is 9.84 Å². The summed E-state index contributed by atoms with van der Waals surface area (Å²) in [4.78, 5) is 15.1. The Morgan fingerprint density at radius 2 is 1.76 bits per heavy atom. The van der Waals surface area contributed by atoms with E-state index in [2.05, 4.69) is 17.3 Å². The van der Waals surface area contributed by atoms with Crippen LogP contribution >= 0.6 is 0 Å². The van der Waals surface area contributed by atoms with Gasteiger partial charge in [-0.1, -0.05) is 31.4 Å². The molecule has 1 amide bonds. The van der Waals surface area contributed by atoms with Gasteiger partial charge in [0.25, 0.3) is 0 Å². The number of aryl methyl sites for hydroxylation is 1. The number of hydrogen-bond acceptors (Lipinski definition) is 4. The molecule has 0 saturated heterocycles. The fraction of sp³-hybridized carbons (Fsp3) is 0.696. The third kappa shape index (κ3) is 6.54. The number of hydrogen-bond donors (Lipinski definition) is 1. The molecule has 2 fully saturated rings. The lowest BCUT2D eigenvalue weighted by atomic mass is 9.87. The molecule has 0 bridgehead atoms. The summed E-state index contributed by atoms with van der Waals surface area (Å²) in [5.74, 6) is 0.495. The topological polar surface area (TPSA) is 66.5 Å². The molecule has 0 radical (unpaired) electrons. The number of carbonyl (C=O) groups excluding carboxylic acids is 1. The van der Waals surface area contributed by atoms with Crippen molar-refractivity contribution in [1.29, 1.82) is 0 Å². The number of benzene rings is 1. The fourth-order valence-corrected chi connectivity index (χ4v) is 6.64. The average molecular weight is 421 g/mol. The highest BCUT2D eigenvalue weighted by atomic mass is 32.2. The van der Waals surface area contributed by atoms with Crippen molar-refractivity contribution in [3.8, 4) is 0 Å². The van der Waals surface area contributed by atoms with Gasteiger partial charge in [0.1, 0.15) is 0 Å². The van der Waals surface area contributed by atoms with Crippen molar-refractivity contribution in [3.63, 3.8) is 0 Å². The predicted molar refractivity (Wildman–Crippen MR) is 117 cm³/mol. The first-order valence-corrected chi connectivity index (χ1v) is 12.8. The Balaban J connectivity index is 1.42. The standard InChI is InChI=1S/C23H36N2O3S/c1-18-7-6-10-22(15-18)29(27,28)17-19-11-13-20(14-12-19)24-23(26)16-25(2)21-8-4-3-5-9-21/h6-7,10,15,19-21H,3-5,8-9,11-14,16-17H2,1-2H3,(H,24,26)/t19-,20-. The fourth-order valence-electron chi connectivity index (χ4n) is 4.84. The van der Waals surface area contributed by atoms with E-state index in [1.54, 1.807) is 18.2 Å². The van der Waals surface area contributed by atoms with E-state index in [1.807, 2.05) is 13.0 Å². The van der Waals surface area contributed by atoms with Crippen LogP contribution in [0.4, 0.5) is 0 Å². The maximum atomic E-state index is 12.7. The number of nitrogens with zero attached hydrogens (tertiary/aromatic N) is 1. The van der Waals surface area contributed by atoms with Gasteiger partial charge in [0.2, 0.25) is 5.91 Å². The van der Waals surface area contributed by atoms with Gasteiger partial charge in [0.05, 0.1) is 17.2 Å². The number of rotatable bonds is 7. The highest BCUT2D eigenvalue weighted by molar-refractivity contribution is 7.91. The summed E-state index contributed by atoms with van der Waals surface area (Å²) in [6, 6.07) is 7.88. The maximum Gasteiger partial charge on any atom is 0.234 e. The molecule has 1 N–H and O–H groups in total. The first-order chi connectivity index (χ1) is 13.8. The largest absolute Gasteiger partial charge is 0.352 e. The first-order valence-electron chi connectivity index (χ1n) is 11.1. The molecule has 29 heavy (non-hydrogen) atoms. The van der Waals surface area contributed by atoms with E-state index >= 15 is 0 Å². The van der Waals surface area contributed by atoms with Crippen molar-refractivity contribution in [2.45, 2.75) is 81.7 Å². The molecule has 1 aromatic carbocycles. The Hall–Kier alpha value is -1.40. The van der Waals surface area contributed by atoms with Crippen molar-refractivity contribution in [1.82, 2.24) is 10.2 Å². The summed E-state index contributed by atoms with van der Waals surface area (Å²) < 4.78 is 25.4. The number of nitrogens with one attached hydrogen (secondary N) is 1. The van der Waals surface area contributed by atoms with Crippen LogP contribution in [0, 0.1) is 12.8 Å². The van der Waals surface area contributed by atoms with Gasteiger partial charge < -0.3 is 5.32 Å². The van der Waals surface area contributed by atoms with Crippen molar-refractivity contribution in [2.24, 2.45) is 5.92 Å². The van der Waals surface area contributed by atoms with Crippen LogP contribution in [-0.4, -0.2) is 50.7 Å². The van der Waals surface area contributed by atoms with Gasteiger partial charge >= 0.3 is 0 Å². The molecule has 2 saturated carbocycles. The lowest BCUT2D eigenvalue weighted by Crippen LogP contribution is -2.45. The molecule has 0 heterocycles. The SMILES string of the molecule is Cc1cccc(S(=O)(=O)C[C@H]2CC[C@H](NC(=O)CN(C)C3CCCCC3)CC2)c1. The molecule has 0 aliphatic heterocycles. The van der Waals surface area contributed by atoms with Gasteiger partial charge in [0, 0.05) is 12.1 Å². The third-order valence-corrected chi connectivity index (χ3v) is 8.49. The van der Waals surface area contributed by atoms with Crippen LogP contribution in [0.3, 0.4) is 0 Å². The molecule has 0 aromatic heterocycles. The zero-order valence-electron chi connectivity index (χ0n) is 17.9. The molecule has 0 unspecified atom stereocenters. The Bertz CT molecular complexity index is 779. The number of likely N-dealkylation sites (N-methyl/N-ethyl adjacent to an activating group) is 1. The van der Waals surface area contributed by atoms with Crippen molar-refractivity contribution >= 4 is 15.7 Å². The molecule has 2 aliphatic rings. The van der Waals surface area contributed by atoms with Crippen LogP contribution in [0.1, 0.15) is 63.4 Å². The summed E-state index contributed by atoms with van der Waals surface area (Å²) in [5.41, 5.74) is 0.968. The molecular weight excluding hydrogens is 384 g/mol. The highest BCUT2D eigenvalue weighted by Crippen LogP contribution is 2.28. The van der Waals surface area contributed by atoms with Crippen molar-refractivity contribution in [3.05, 3.63) is 29.8 Å². The molecule has 0 spiro atoms. The molecule has 5 nitrogen and oxygen atoms in total. The molecule has 162 valence electrons. The predicted octanol–water partition coefficient (Wildman–Crippen LogP) is 3.71. The summed E-state index contributed by atoms with van der Waals surface area (Å²) >= 11 is 0. The van der Waals surface area contributed by atoms with Gasteiger partial charge in [-0.3, -0.25) is 9.69 Å². The summed E-state index contributed by atoms with van der Waals surface area (Å²) in [6.45, 7) is 2.38. The van der Waals surface area contributed by atoms with E-state index in [0.717, 1.165) is 31.2 Å². The second-order valence-corrected chi connectivity index (χ2v) is 11.1. The minimum absolute atomic E-state index is 0.105. The van der Waals surface area contributed by atoms with E-state index in [0.29, 0.717) is 17.5 Å². The molecule has 0 atom stereocenters. The molecule has 6 heteroatoms. The van der Waals surface area contributed by atoms with Crippen molar-refractivity contribution < 1.29 is 13.2 Å². The van der Waals surface area contributed by atoms with Crippen LogP contribution in [0.25, 0.3) is 0 Å². The Kier molecular flexibility index (Phi) is 7.74. The maximum absolute atomic E-state index is 12.7. The number of sulfone groups is 1. The summed E-state index contributed by atoms with van der Waals surface area (Å²) in [6.07, 6.45) is 9.70. The second kappa shape index (κ2) is 10.1. The zero-order valence-corrected chi connectivity index (χ0v) is 18.7. The first kappa shape index (κ1) is 22.3. The van der Waals surface area contributed by atoms with Crippen LogP contribution in [0.5, 0.6) is 0 Å². The van der Waals surface area contributed by atoms with Gasteiger partial charge in [-0.15, -0.1) is 0 Å². The highest BCUT2D eigenvalue weighted by Gasteiger charge is 2.28. The lowest BCUT2D eigenvalue weighted by Gasteiger charge is -2.32. The van der Waals surface area contributed by atoms with Gasteiger partial charge in [-0.2, -0.15) is 0 Å². The molecule has 2 aliphatic carbocycles. The Morgan fingerprint density at radius 3 is 2.41 bits per heavy atom. The summed E-state index contributed by atoms with van der Waals surface area (Å²) in [5, 5.41) is 3.18. The van der Waals surface area contributed by atoms with Gasteiger partial charge in [-0.05, 0) is 76.1 Å². The van der Waals surface area contributed by atoms with E-state index in [1.165, 1.54) is 32.1 Å². The molecule has 3 rings (SSSR count). The zero-order chi connectivity index (χ0) is 20.9. The van der Waals surface area contributed by atoms with E-state index in [4.69, 9.17) is 0 Å². The van der Waals surface area contributed by atoms with E-state index in [9.17, 15) is 13.2 Å². The number of carbonyl (C=O) groups is 1. The quantitative estimate of drug-likeness (QED) is 0.730. The van der Waals surface area contributed by atoms with Crippen LogP contribution in [-0.2, 0) is 14.6 Å². The van der Waals surface area contributed by atoms with Gasteiger partial charge in [-0.25, -0.2) is 8.42 Å². The molecule has 1 aromatic rings. The van der Waals surface area contributed by atoms with Crippen molar-refractivity contribution in [2.75, 3.05) is 19.3 Å². The Morgan fingerprint density at radius 1 is 1.07 bits per heavy atom.